The predicted molar refractivity (Wildman–Crippen MR) is 63.5 cm³/mol. The molecule has 0 spiro atoms. The summed E-state index contributed by atoms with van der Waals surface area (Å²) in [7, 11) is 0. The standard InChI is InChI=1S/C12H17N3/c1-2-10(12(13)14)15-8-7-9-5-3-4-6-11(9)15/h3-6,10H,2,7-8H2,1H3,(H3,13,14). The second-order valence-electron chi connectivity index (χ2n) is 3.95. The van der Waals surface area contributed by atoms with Gasteiger partial charge in [0, 0.05) is 12.2 Å². The topological polar surface area (TPSA) is 53.1 Å². The fraction of sp³-hybridized carbons (Fsp3) is 0.417. The summed E-state index contributed by atoms with van der Waals surface area (Å²) in [5.74, 6) is 0.272. The van der Waals surface area contributed by atoms with Crippen molar-refractivity contribution >= 4 is 11.5 Å². The molecule has 1 aliphatic heterocycles. The molecule has 0 saturated heterocycles. The number of fused-ring (bicyclic) bond motifs is 1. The van der Waals surface area contributed by atoms with Crippen LogP contribution in [0.2, 0.25) is 0 Å². The lowest BCUT2D eigenvalue weighted by molar-refractivity contribution is 0.708. The second kappa shape index (κ2) is 3.93. The average Bonchev–Trinajstić information content (AvgIpc) is 2.63. The van der Waals surface area contributed by atoms with Gasteiger partial charge < -0.3 is 10.6 Å². The summed E-state index contributed by atoms with van der Waals surface area (Å²) in [5.41, 5.74) is 8.25. The van der Waals surface area contributed by atoms with Crippen molar-refractivity contribution in [2.45, 2.75) is 25.8 Å². The number of amidine groups is 1. The third kappa shape index (κ3) is 1.69. The highest BCUT2D eigenvalue weighted by Gasteiger charge is 2.26. The first-order chi connectivity index (χ1) is 7.24. The Balaban J connectivity index is 2.30. The van der Waals surface area contributed by atoms with E-state index in [2.05, 4.69) is 30.0 Å². The molecule has 1 aliphatic rings. The molecule has 0 amide bonds. The van der Waals surface area contributed by atoms with Gasteiger partial charge in [-0.2, -0.15) is 0 Å². The maximum absolute atomic E-state index is 7.59. The minimum Gasteiger partial charge on any atom is -0.386 e. The zero-order valence-corrected chi connectivity index (χ0v) is 9.03. The van der Waals surface area contributed by atoms with E-state index in [9.17, 15) is 0 Å². The van der Waals surface area contributed by atoms with Crippen molar-refractivity contribution in [2.75, 3.05) is 11.4 Å². The van der Waals surface area contributed by atoms with E-state index < -0.39 is 0 Å². The smallest absolute Gasteiger partial charge is 0.114 e. The van der Waals surface area contributed by atoms with Crippen molar-refractivity contribution in [1.29, 1.82) is 5.41 Å². The SMILES string of the molecule is CCC(C(=N)N)N1CCc2ccccc21. The minimum absolute atomic E-state index is 0.0636. The quantitative estimate of drug-likeness (QED) is 0.581. The number of para-hydroxylation sites is 1. The first-order valence-corrected chi connectivity index (χ1v) is 5.42. The van der Waals surface area contributed by atoms with E-state index in [1.165, 1.54) is 11.3 Å². The molecule has 15 heavy (non-hydrogen) atoms. The van der Waals surface area contributed by atoms with Gasteiger partial charge in [0.25, 0.3) is 0 Å². The van der Waals surface area contributed by atoms with Crippen LogP contribution in [0.4, 0.5) is 5.69 Å². The highest BCUT2D eigenvalue weighted by Crippen LogP contribution is 2.29. The molecular formula is C12H17N3. The monoisotopic (exact) mass is 203 g/mol. The molecule has 80 valence electrons. The predicted octanol–water partition coefficient (Wildman–Crippen LogP) is 1.76. The molecule has 0 aromatic heterocycles. The van der Waals surface area contributed by atoms with Crippen LogP contribution in [0.25, 0.3) is 0 Å². The third-order valence-electron chi connectivity index (χ3n) is 3.05. The maximum Gasteiger partial charge on any atom is 0.114 e. The molecule has 1 unspecified atom stereocenters. The molecule has 0 fully saturated rings. The molecular weight excluding hydrogens is 186 g/mol. The normalized spacial score (nSPS) is 16.2. The van der Waals surface area contributed by atoms with Crippen LogP contribution in [0.1, 0.15) is 18.9 Å². The Morgan fingerprint density at radius 1 is 1.53 bits per heavy atom. The molecule has 3 nitrogen and oxygen atoms in total. The van der Waals surface area contributed by atoms with E-state index >= 15 is 0 Å². The van der Waals surface area contributed by atoms with Crippen molar-refractivity contribution in [3.05, 3.63) is 29.8 Å². The van der Waals surface area contributed by atoms with Gasteiger partial charge in [-0.3, -0.25) is 5.41 Å². The molecule has 0 bridgehead atoms. The van der Waals surface area contributed by atoms with Gasteiger partial charge in [0.05, 0.1) is 6.04 Å². The van der Waals surface area contributed by atoms with E-state index in [4.69, 9.17) is 11.1 Å². The summed E-state index contributed by atoms with van der Waals surface area (Å²) < 4.78 is 0. The lowest BCUT2D eigenvalue weighted by atomic mass is 10.1. The highest BCUT2D eigenvalue weighted by molar-refractivity contribution is 5.86. The number of rotatable bonds is 3. The van der Waals surface area contributed by atoms with Crippen molar-refractivity contribution in [1.82, 2.24) is 0 Å². The van der Waals surface area contributed by atoms with Crippen LogP contribution in [0.5, 0.6) is 0 Å². The van der Waals surface area contributed by atoms with Gasteiger partial charge in [0.1, 0.15) is 5.84 Å². The molecule has 2 rings (SSSR count). The molecule has 0 radical (unpaired) electrons. The van der Waals surface area contributed by atoms with Gasteiger partial charge in [-0.25, -0.2) is 0 Å². The summed E-state index contributed by atoms with van der Waals surface area (Å²) in [6.45, 7) is 3.06. The van der Waals surface area contributed by atoms with Crippen LogP contribution in [-0.2, 0) is 6.42 Å². The van der Waals surface area contributed by atoms with Crippen LogP contribution in [0.3, 0.4) is 0 Å². The van der Waals surface area contributed by atoms with Gasteiger partial charge in [-0.1, -0.05) is 25.1 Å². The van der Waals surface area contributed by atoms with Crippen molar-refractivity contribution in [3.63, 3.8) is 0 Å². The number of anilines is 1. The summed E-state index contributed by atoms with van der Waals surface area (Å²) in [4.78, 5) is 2.25. The Morgan fingerprint density at radius 3 is 2.93 bits per heavy atom. The minimum atomic E-state index is 0.0636. The van der Waals surface area contributed by atoms with Gasteiger partial charge in [-0.15, -0.1) is 0 Å². The zero-order chi connectivity index (χ0) is 10.8. The number of benzene rings is 1. The Morgan fingerprint density at radius 2 is 2.27 bits per heavy atom. The first-order valence-electron chi connectivity index (χ1n) is 5.42. The molecule has 1 aromatic carbocycles. The molecule has 0 saturated carbocycles. The average molecular weight is 203 g/mol. The maximum atomic E-state index is 7.59. The third-order valence-corrected chi connectivity index (χ3v) is 3.05. The van der Waals surface area contributed by atoms with E-state index in [0.717, 1.165) is 19.4 Å². The van der Waals surface area contributed by atoms with E-state index in [-0.39, 0.29) is 11.9 Å². The van der Waals surface area contributed by atoms with Gasteiger partial charge in [0.2, 0.25) is 0 Å². The van der Waals surface area contributed by atoms with E-state index in [0.29, 0.717) is 0 Å². The molecule has 3 heteroatoms. The number of hydrogen-bond donors (Lipinski definition) is 2. The van der Waals surface area contributed by atoms with Crippen LogP contribution < -0.4 is 10.6 Å². The van der Waals surface area contributed by atoms with Crippen LogP contribution in [-0.4, -0.2) is 18.4 Å². The highest BCUT2D eigenvalue weighted by atomic mass is 15.2. The molecule has 3 N–H and O–H groups in total. The van der Waals surface area contributed by atoms with Crippen LogP contribution in [0, 0.1) is 5.41 Å². The first kappa shape index (κ1) is 10.0. The van der Waals surface area contributed by atoms with Gasteiger partial charge in [0.15, 0.2) is 0 Å². The molecule has 1 atom stereocenters. The largest absolute Gasteiger partial charge is 0.386 e. The number of hydrogen-bond acceptors (Lipinski definition) is 2. The lowest BCUT2D eigenvalue weighted by Crippen LogP contribution is -2.43. The zero-order valence-electron chi connectivity index (χ0n) is 9.03. The Bertz CT molecular complexity index is 373. The molecule has 1 heterocycles. The Kier molecular flexibility index (Phi) is 2.62. The van der Waals surface area contributed by atoms with Crippen molar-refractivity contribution in [2.24, 2.45) is 5.73 Å². The number of nitrogens with one attached hydrogen (secondary N) is 1. The fourth-order valence-corrected chi connectivity index (χ4v) is 2.30. The summed E-state index contributed by atoms with van der Waals surface area (Å²) in [5, 5.41) is 7.59. The summed E-state index contributed by atoms with van der Waals surface area (Å²) in [6, 6.07) is 8.45. The fourth-order valence-electron chi connectivity index (χ4n) is 2.30. The Labute approximate surface area is 90.4 Å². The molecule has 0 aliphatic carbocycles. The molecule has 1 aromatic rings. The van der Waals surface area contributed by atoms with E-state index in [1.54, 1.807) is 0 Å². The van der Waals surface area contributed by atoms with Crippen LogP contribution >= 0.6 is 0 Å². The second-order valence-corrected chi connectivity index (χ2v) is 3.95. The number of nitrogens with zero attached hydrogens (tertiary/aromatic N) is 1. The lowest BCUT2D eigenvalue weighted by Gasteiger charge is -2.28. The Hall–Kier alpha value is -1.51. The van der Waals surface area contributed by atoms with Crippen molar-refractivity contribution < 1.29 is 0 Å². The summed E-state index contributed by atoms with van der Waals surface area (Å²) in [6.07, 6.45) is 1.96. The summed E-state index contributed by atoms with van der Waals surface area (Å²) >= 11 is 0. The number of nitrogens with two attached hydrogens (primary N) is 1. The van der Waals surface area contributed by atoms with Gasteiger partial charge in [-0.05, 0) is 24.5 Å². The van der Waals surface area contributed by atoms with E-state index in [1.807, 2.05) is 6.07 Å². The van der Waals surface area contributed by atoms with Crippen molar-refractivity contribution in [3.8, 4) is 0 Å². The van der Waals surface area contributed by atoms with Crippen LogP contribution in [0.15, 0.2) is 24.3 Å². The van der Waals surface area contributed by atoms with Gasteiger partial charge >= 0.3 is 0 Å².